The monoisotopic (exact) mass is 171 g/mol. The lowest BCUT2D eigenvalue weighted by atomic mass is 9.88. The van der Waals surface area contributed by atoms with Crippen LogP contribution in [0.5, 0.6) is 0 Å². The first kappa shape index (κ1) is 10.0. The Kier molecular flexibility index (Phi) is 3.53. The summed E-state index contributed by atoms with van der Waals surface area (Å²) >= 11 is 0. The van der Waals surface area contributed by atoms with Crippen molar-refractivity contribution in [1.82, 2.24) is 4.90 Å². The Labute approximate surface area is 75.9 Å². The van der Waals surface area contributed by atoms with Gasteiger partial charge in [-0.25, -0.2) is 0 Å². The molecule has 1 aliphatic carbocycles. The zero-order valence-corrected chi connectivity index (χ0v) is 8.71. The maximum absolute atomic E-state index is 5.68. The van der Waals surface area contributed by atoms with E-state index in [1.165, 1.54) is 12.8 Å². The molecule has 0 spiro atoms. The average Bonchev–Trinajstić information content (AvgIpc) is 1.94. The fourth-order valence-corrected chi connectivity index (χ4v) is 1.65. The predicted octanol–water partition coefficient (Wildman–Crippen LogP) is 1.89. The van der Waals surface area contributed by atoms with Gasteiger partial charge in [0.05, 0.1) is 12.2 Å². The van der Waals surface area contributed by atoms with E-state index in [4.69, 9.17) is 4.74 Å². The minimum atomic E-state index is 0.392. The Morgan fingerprint density at radius 1 is 1.42 bits per heavy atom. The molecule has 72 valence electrons. The molecule has 12 heavy (non-hydrogen) atoms. The van der Waals surface area contributed by atoms with Crippen molar-refractivity contribution in [3.8, 4) is 0 Å². The van der Waals surface area contributed by atoms with Gasteiger partial charge in [-0.3, -0.25) is 0 Å². The summed E-state index contributed by atoms with van der Waals surface area (Å²) in [5.41, 5.74) is 0. The Bertz CT molecular complexity index is 130. The second kappa shape index (κ2) is 4.24. The van der Waals surface area contributed by atoms with Crippen LogP contribution < -0.4 is 0 Å². The molecular formula is C10H21NO. The molecule has 0 heterocycles. The van der Waals surface area contributed by atoms with Gasteiger partial charge >= 0.3 is 0 Å². The smallest absolute Gasteiger partial charge is 0.0608 e. The van der Waals surface area contributed by atoms with E-state index in [9.17, 15) is 0 Å². The largest absolute Gasteiger partial charge is 0.375 e. The molecule has 0 aromatic carbocycles. The minimum Gasteiger partial charge on any atom is -0.375 e. The summed E-state index contributed by atoms with van der Waals surface area (Å²) in [7, 11) is 2.19. The predicted molar refractivity (Wildman–Crippen MR) is 51.3 cm³/mol. The lowest BCUT2D eigenvalue weighted by Gasteiger charge is -2.41. The first-order chi connectivity index (χ1) is 5.63. The molecule has 0 saturated heterocycles. The fraction of sp³-hybridized carbons (Fsp3) is 1.00. The summed E-state index contributed by atoms with van der Waals surface area (Å²) < 4.78 is 5.68. The van der Waals surface area contributed by atoms with Crippen LogP contribution in [0.25, 0.3) is 0 Å². The Hall–Kier alpha value is -0.0800. The van der Waals surface area contributed by atoms with Gasteiger partial charge in [0.2, 0.25) is 0 Å². The van der Waals surface area contributed by atoms with Crippen LogP contribution in [-0.4, -0.2) is 36.7 Å². The van der Waals surface area contributed by atoms with Gasteiger partial charge in [0.25, 0.3) is 0 Å². The van der Waals surface area contributed by atoms with Crippen LogP contribution in [0.4, 0.5) is 0 Å². The van der Waals surface area contributed by atoms with Crippen molar-refractivity contribution in [2.75, 3.05) is 13.6 Å². The van der Waals surface area contributed by atoms with E-state index >= 15 is 0 Å². The molecule has 2 heteroatoms. The minimum absolute atomic E-state index is 0.392. The van der Waals surface area contributed by atoms with Crippen molar-refractivity contribution in [2.45, 2.75) is 51.9 Å². The lowest BCUT2D eigenvalue weighted by Crippen LogP contribution is -2.46. The highest BCUT2D eigenvalue weighted by Gasteiger charge is 2.32. The lowest BCUT2D eigenvalue weighted by molar-refractivity contribution is -0.0713. The standard InChI is InChI=1S/C10H21NO/c1-5-11(4)9-6-10(7-9)12-8(2)3/h8-10H,5-7H2,1-4H3. The highest BCUT2D eigenvalue weighted by atomic mass is 16.5. The molecule has 0 atom stereocenters. The number of hydrogen-bond acceptors (Lipinski definition) is 2. The summed E-state index contributed by atoms with van der Waals surface area (Å²) in [4.78, 5) is 2.40. The average molecular weight is 171 g/mol. The topological polar surface area (TPSA) is 12.5 Å². The second-order valence-corrected chi connectivity index (χ2v) is 4.01. The summed E-state index contributed by atoms with van der Waals surface area (Å²) in [5, 5.41) is 0. The van der Waals surface area contributed by atoms with Crippen LogP contribution in [-0.2, 0) is 4.74 Å². The molecule has 0 aromatic heterocycles. The molecule has 0 N–H and O–H groups in total. The van der Waals surface area contributed by atoms with Gasteiger partial charge in [0.1, 0.15) is 0 Å². The number of hydrogen-bond donors (Lipinski definition) is 0. The van der Waals surface area contributed by atoms with Crippen LogP contribution in [0.3, 0.4) is 0 Å². The molecule has 0 radical (unpaired) electrons. The number of rotatable bonds is 4. The van der Waals surface area contributed by atoms with Crippen molar-refractivity contribution < 1.29 is 4.74 Å². The maximum atomic E-state index is 5.68. The molecule has 1 rings (SSSR count). The normalized spacial score (nSPS) is 29.5. The second-order valence-electron chi connectivity index (χ2n) is 4.01. The number of nitrogens with zero attached hydrogens (tertiary/aromatic N) is 1. The molecule has 0 aliphatic heterocycles. The van der Waals surface area contributed by atoms with Crippen LogP contribution in [0.2, 0.25) is 0 Å². The zero-order chi connectivity index (χ0) is 9.14. The molecular weight excluding hydrogens is 150 g/mol. The number of ether oxygens (including phenoxy) is 1. The van der Waals surface area contributed by atoms with E-state index in [2.05, 4.69) is 32.7 Å². The highest BCUT2D eigenvalue weighted by molar-refractivity contribution is 4.86. The van der Waals surface area contributed by atoms with Gasteiger partial charge in [-0.2, -0.15) is 0 Å². The first-order valence-corrected chi connectivity index (χ1v) is 4.99. The molecule has 1 fully saturated rings. The molecule has 0 unspecified atom stereocenters. The van der Waals surface area contributed by atoms with E-state index < -0.39 is 0 Å². The van der Waals surface area contributed by atoms with Gasteiger partial charge in [0.15, 0.2) is 0 Å². The van der Waals surface area contributed by atoms with Crippen LogP contribution in [0.15, 0.2) is 0 Å². The van der Waals surface area contributed by atoms with E-state index in [1.807, 2.05) is 0 Å². The van der Waals surface area contributed by atoms with Gasteiger partial charge < -0.3 is 9.64 Å². The summed E-state index contributed by atoms with van der Waals surface area (Å²) in [6.45, 7) is 7.57. The SMILES string of the molecule is CCN(C)C1CC(OC(C)C)C1. The van der Waals surface area contributed by atoms with Crippen molar-refractivity contribution in [1.29, 1.82) is 0 Å². The van der Waals surface area contributed by atoms with Crippen molar-refractivity contribution in [2.24, 2.45) is 0 Å². The highest BCUT2D eigenvalue weighted by Crippen LogP contribution is 2.28. The van der Waals surface area contributed by atoms with Crippen molar-refractivity contribution in [3.05, 3.63) is 0 Å². The van der Waals surface area contributed by atoms with Crippen LogP contribution in [0, 0.1) is 0 Å². The summed E-state index contributed by atoms with van der Waals surface area (Å²) in [6.07, 6.45) is 3.37. The molecule has 1 saturated carbocycles. The third-order valence-corrected chi connectivity index (χ3v) is 2.66. The van der Waals surface area contributed by atoms with Crippen molar-refractivity contribution >= 4 is 0 Å². The van der Waals surface area contributed by atoms with Gasteiger partial charge in [-0.1, -0.05) is 6.92 Å². The summed E-state index contributed by atoms with van der Waals surface area (Å²) in [6, 6.07) is 0.777. The van der Waals surface area contributed by atoms with Gasteiger partial charge in [-0.05, 0) is 40.3 Å². The van der Waals surface area contributed by atoms with E-state index in [0.717, 1.165) is 12.6 Å². The van der Waals surface area contributed by atoms with E-state index in [0.29, 0.717) is 12.2 Å². The van der Waals surface area contributed by atoms with Crippen LogP contribution in [0.1, 0.15) is 33.6 Å². The Balaban J connectivity index is 2.11. The molecule has 0 amide bonds. The Morgan fingerprint density at radius 3 is 2.42 bits per heavy atom. The Morgan fingerprint density at radius 2 is 2.00 bits per heavy atom. The van der Waals surface area contributed by atoms with Gasteiger partial charge in [-0.15, -0.1) is 0 Å². The van der Waals surface area contributed by atoms with Gasteiger partial charge in [0, 0.05) is 6.04 Å². The molecule has 2 nitrogen and oxygen atoms in total. The molecule has 1 aliphatic rings. The van der Waals surface area contributed by atoms with E-state index in [-0.39, 0.29) is 0 Å². The molecule has 0 bridgehead atoms. The van der Waals surface area contributed by atoms with Crippen molar-refractivity contribution in [3.63, 3.8) is 0 Å². The zero-order valence-electron chi connectivity index (χ0n) is 8.71. The summed E-state index contributed by atoms with van der Waals surface area (Å²) in [5.74, 6) is 0. The first-order valence-electron chi connectivity index (χ1n) is 4.99. The van der Waals surface area contributed by atoms with E-state index in [1.54, 1.807) is 0 Å². The third kappa shape index (κ3) is 2.46. The maximum Gasteiger partial charge on any atom is 0.0608 e. The van der Waals surface area contributed by atoms with Crippen LogP contribution >= 0.6 is 0 Å². The molecule has 0 aromatic rings. The quantitative estimate of drug-likeness (QED) is 0.640. The third-order valence-electron chi connectivity index (χ3n) is 2.66. The fourth-order valence-electron chi connectivity index (χ4n) is 1.65.